The first-order valence-electron chi connectivity index (χ1n) is 7.84. The number of halogens is 8. The summed E-state index contributed by atoms with van der Waals surface area (Å²) in [6.45, 7) is 0.251. The van der Waals surface area contributed by atoms with E-state index in [-0.39, 0.29) is 27.8 Å². The molecule has 1 unspecified atom stereocenters. The van der Waals surface area contributed by atoms with Crippen molar-refractivity contribution in [2.45, 2.75) is 31.4 Å². The molecule has 0 spiro atoms. The Morgan fingerprint density at radius 1 is 1.07 bits per heavy atom. The molecule has 0 aliphatic carbocycles. The Kier molecular flexibility index (Phi) is 6.74. The molecule has 0 bridgehead atoms. The fourth-order valence-electron chi connectivity index (χ4n) is 2.07. The van der Waals surface area contributed by atoms with Crippen molar-refractivity contribution in [3.05, 3.63) is 51.5 Å². The molecule has 2 amide bonds. The molecule has 0 fully saturated rings. The summed E-state index contributed by atoms with van der Waals surface area (Å²) in [7, 11) is 0. The SMILES string of the molecule is CC(O)(c1cc(Cl)c(NC(=O)NCc2cnc(C(F)(F)F)nc2)c(Cl)c1)C(F)(F)F. The maximum absolute atomic E-state index is 13.0. The van der Waals surface area contributed by atoms with E-state index >= 15 is 0 Å². The largest absolute Gasteiger partial charge is 0.451 e. The van der Waals surface area contributed by atoms with Gasteiger partial charge in [0.25, 0.3) is 0 Å². The van der Waals surface area contributed by atoms with Crippen molar-refractivity contribution in [1.82, 2.24) is 15.3 Å². The lowest BCUT2D eigenvalue weighted by molar-refractivity contribution is -0.258. The number of aromatic nitrogens is 2. The first-order chi connectivity index (χ1) is 13.6. The highest BCUT2D eigenvalue weighted by atomic mass is 35.5. The molecule has 1 aromatic carbocycles. The van der Waals surface area contributed by atoms with Crippen molar-refractivity contribution in [2.24, 2.45) is 0 Å². The minimum atomic E-state index is -5.00. The van der Waals surface area contributed by atoms with Gasteiger partial charge < -0.3 is 15.7 Å². The number of benzene rings is 1. The predicted molar refractivity (Wildman–Crippen MR) is 95.0 cm³/mol. The van der Waals surface area contributed by atoms with Crippen molar-refractivity contribution in [3.8, 4) is 0 Å². The zero-order chi connectivity index (χ0) is 22.9. The number of hydrogen-bond acceptors (Lipinski definition) is 4. The molecule has 0 aliphatic rings. The summed E-state index contributed by atoms with van der Waals surface area (Å²) in [6.07, 6.45) is -7.98. The average Bonchev–Trinajstić information content (AvgIpc) is 2.61. The first-order valence-corrected chi connectivity index (χ1v) is 8.60. The Hall–Kier alpha value is -2.31. The number of urea groups is 1. The predicted octanol–water partition coefficient (Wildman–Crippen LogP) is 4.89. The minimum Gasteiger partial charge on any atom is -0.376 e. The van der Waals surface area contributed by atoms with Gasteiger partial charge in [0.05, 0.1) is 15.7 Å². The molecule has 1 aromatic heterocycles. The molecule has 1 atom stereocenters. The van der Waals surface area contributed by atoms with Crippen molar-refractivity contribution < 1.29 is 36.2 Å². The number of rotatable bonds is 4. The topological polar surface area (TPSA) is 87.1 Å². The normalized spacial score (nSPS) is 14.2. The molecule has 0 radical (unpaired) electrons. The quantitative estimate of drug-likeness (QED) is 0.548. The van der Waals surface area contributed by atoms with Gasteiger partial charge >= 0.3 is 18.4 Å². The fourth-order valence-corrected chi connectivity index (χ4v) is 2.65. The molecule has 2 aromatic rings. The monoisotopic (exact) mass is 476 g/mol. The van der Waals surface area contributed by atoms with Crippen molar-refractivity contribution >= 4 is 34.9 Å². The highest BCUT2D eigenvalue weighted by Gasteiger charge is 2.51. The second-order valence-electron chi connectivity index (χ2n) is 6.11. The summed E-state index contributed by atoms with van der Waals surface area (Å²) >= 11 is 11.8. The molecule has 3 N–H and O–H groups in total. The minimum absolute atomic E-state index is 0.145. The third kappa shape index (κ3) is 5.43. The van der Waals surface area contributed by atoms with Gasteiger partial charge in [-0.15, -0.1) is 0 Å². The second-order valence-corrected chi connectivity index (χ2v) is 6.92. The molecule has 0 saturated heterocycles. The van der Waals surface area contributed by atoms with Gasteiger partial charge in [-0.3, -0.25) is 0 Å². The van der Waals surface area contributed by atoms with Gasteiger partial charge in [-0.1, -0.05) is 23.2 Å². The number of amides is 2. The number of hydrogen-bond donors (Lipinski definition) is 3. The van der Waals surface area contributed by atoms with Crippen LogP contribution in [0.15, 0.2) is 24.5 Å². The van der Waals surface area contributed by atoms with Crippen LogP contribution in [0.1, 0.15) is 23.9 Å². The van der Waals surface area contributed by atoms with Crippen LogP contribution < -0.4 is 10.6 Å². The van der Waals surface area contributed by atoms with E-state index in [0.717, 1.165) is 24.5 Å². The third-order valence-electron chi connectivity index (χ3n) is 3.81. The molecular formula is C16H12Cl2F6N4O2. The van der Waals surface area contributed by atoms with Gasteiger partial charge in [0.15, 0.2) is 5.60 Å². The van der Waals surface area contributed by atoms with Crippen molar-refractivity contribution in [3.63, 3.8) is 0 Å². The van der Waals surface area contributed by atoms with Gasteiger partial charge in [0.2, 0.25) is 5.82 Å². The van der Waals surface area contributed by atoms with E-state index in [4.69, 9.17) is 23.2 Å². The Balaban J connectivity index is 2.08. The van der Waals surface area contributed by atoms with Gasteiger partial charge in [-0.2, -0.15) is 26.3 Å². The smallest absolute Gasteiger partial charge is 0.376 e. The Labute approximate surface area is 175 Å². The van der Waals surface area contributed by atoms with Crippen LogP contribution in [0.2, 0.25) is 10.0 Å². The van der Waals surface area contributed by atoms with Crippen molar-refractivity contribution in [2.75, 3.05) is 5.32 Å². The van der Waals surface area contributed by atoms with E-state index in [0.29, 0.717) is 6.92 Å². The lowest BCUT2D eigenvalue weighted by atomic mass is 9.95. The molecule has 30 heavy (non-hydrogen) atoms. The van der Waals surface area contributed by atoms with Gasteiger partial charge in [0.1, 0.15) is 0 Å². The zero-order valence-electron chi connectivity index (χ0n) is 14.8. The van der Waals surface area contributed by atoms with Crippen LogP contribution in [-0.2, 0) is 18.3 Å². The maximum atomic E-state index is 13.0. The number of alkyl halides is 6. The van der Waals surface area contributed by atoms with E-state index in [9.17, 15) is 36.2 Å². The molecule has 0 saturated carbocycles. The Morgan fingerprint density at radius 2 is 1.57 bits per heavy atom. The van der Waals surface area contributed by atoms with Crippen LogP contribution in [0.3, 0.4) is 0 Å². The number of aliphatic hydroxyl groups is 1. The highest BCUT2D eigenvalue weighted by Crippen LogP contribution is 2.42. The van der Waals surface area contributed by atoms with Crippen LogP contribution in [0.5, 0.6) is 0 Å². The maximum Gasteiger partial charge on any atom is 0.451 e. The Bertz CT molecular complexity index is 910. The standard InChI is InChI=1S/C16H12Cl2F6N4O2/c1-14(30,16(22,23)24)8-2-9(17)11(10(18)3-8)28-13(29)27-6-7-4-25-12(26-5-7)15(19,20)21/h2-5,30H,6H2,1H3,(H2,27,28,29). The summed E-state index contributed by atoms with van der Waals surface area (Å²) in [5, 5.41) is 13.4. The van der Waals surface area contributed by atoms with E-state index < -0.39 is 35.4 Å². The number of carbonyl (C=O) groups is 1. The molecule has 2 rings (SSSR count). The summed E-state index contributed by atoms with van der Waals surface area (Å²) in [6, 6.07) is 0.676. The van der Waals surface area contributed by atoms with Crippen LogP contribution in [0, 0.1) is 0 Å². The lowest BCUT2D eigenvalue weighted by Crippen LogP contribution is -2.39. The molecule has 1 heterocycles. The summed E-state index contributed by atoms with van der Waals surface area (Å²) in [5.41, 5.74) is -3.96. The van der Waals surface area contributed by atoms with Crippen LogP contribution >= 0.6 is 23.2 Å². The van der Waals surface area contributed by atoms with Crippen molar-refractivity contribution in [1.29, 1.82) is 0 Å². The van der Waals surface area contributed by atoms with Gasteiger partial charge in [-0.25, -0.2) is 14.8 Å². The second kappa shape index (κ2) is 8.44. The Morgan fingerprint density at radius 3 is 2.00 bits per heavy atom. The summed E-state index contributed by atoms with van der Waals surface area (Å²) < 4.78 is 76.1. The molecule has 164 valence electrons. The third-order valence-corrected chi connectivity index (χ3v) is 4.40. The van der Waals surface area contributed by atoms with E-state index in [1.807, 2.05) is 0 Å². The number of carbonyl (C=O) groups excluding carboxylic acids is 1. The number of anilines is 1. The molecule has 6 nitrogen and oxygen atoms in total. The fraction of sp³-hybridized carbons (Fsp3) is 0.312. The summed E-state index contributed by atoms with van der Waals surface area (Å²) in [4.78, 5) is 18.2. The average molecular weight is 477 g/mol. The lowest BCUT2D eigenvalue weighted by Gasteiger charge is -2.27. The molecule has 14 heteroatoms. The van der Waals surface area contributed by atoms with Crippen LogP contribution in [0.25, 0.3) is 0 Å². The van der Waals surface area contributed by atoms with Crippen LogP contribution in [0.4, 0.5) is 36.8 Å². The number of nitrogens with zero attached hydrogens (tertiary/aromatic N) is 2. The van der Waals surface area contributed by atoms with Crippen LogP contribution in [-0.4, -0.2) is 27.3 Å². The van der Waals surface area contributed by atoms with E-state index in [1.165, 1.54) is 0 Å². The molecule has 0 aliphatic heterocycles. The highest BCUT2D eigenvalue weighted by molar-refractivity contribution is 6.39. The van der Waals surface area contributed by atoms with Gasteiger partial charge in [-0.05, 0) is 24.6 Å². The van der Waals surface area contributed by atoms with Gasteiger partial charge in [0, 0.05) is 24.5 Å². The summed E-state index contributed by atoms with van der Waals surface area (Å²) in [5.74, 6) is -1.34. The van der Waals surface area contributed by atoms with E-state index in [2.05, 4.69) is 20.6 Å². The first kappa shape index (κ1) is 24.0. The zero-order valence-corrected chi connectivity index (χ0v) is 16.3. The van der Waals surface area contributed by atoms with E-state index in [1.54, 1.807) is 0 Å². The molecular weight excluding hydrogens is 465 g/mol. The number of nitrogens with one attached hydrogen (secondary N) is 2.